The second-order valence-corrected chi connectivity index (χ2v) is 6.28. The average molecular weight is 315 g/mol. The molecule has 23 heavy (non-hydrogen) atoms. The summed E-state index contributed by atoms with van der Waals surface area (Å²) in [6.07, 6.45) is 1.55. The minimum atomic E-state index is -0.777. The van der Waals surface area contributed by atoms with Crippen molar-refractivity contribution < 1.29 is 14.7 Å². The Morgan fingerprint density at radius 1 is 1.35 bits per heavy atom. The van der Waals surface area contributed by atoms with E-state index in [1.54, 1.807) is 6.92 Å². The summed E-state index contributed by atoms with van der Waals surface area (Å²) in [5.41, 5.74) is 1.90. The van der Waals surface area contributed by atoms with Crippen molar-refractivity contribution in [3.8, 4) is 0 Å². The number of aromatic amines is 1. The number of hydrogen-bond donors (Lipinski definition) is 2. The molecule has 0 radical (unpaired) electrons. The van der Waals surface area contributed by atoms with Gasteiger partial charge in [-0.05, 0) is 30.4 Å². The van der Waals surface area contributed by atoms with Crippen LogP contribution in [0.5, 0.6) is 0 Å². The van der Waals surface area contributed by atoms with E-state index in [-0.39, 0.29) is 24.2 Å². The third-order valence-corrected chi connectivity index (χ3v) is 4.67. The summed E-state index contributed by atoms with van der Waals surface area (Å²) in [7, 11) is 0. The number of nitrogens with zero attached hydrogens (tertiary/aromatic N) is 2. The number of aromatic nitrogens is 2. The topological polar surface area (TPSA) is 86.3 Å². The molecule has 1 fully saturated rings. The van der Waals surface area contributed by atoms with E-state index in [2.05, 4.69) is 9.97 Å². The highest BCUT2D eigenvalue weighted by atomic mass is 16.4. The van der Waals surface area contributed by atoms with Crippen LogP contribution in [-0.4, -0.2) is 44.9 Å². The number of likely N-dealkylation sites (tertiary alicyclic amines) is 1. The lowest BCUT2D eigenvalue weighted by molar-refractivity contribution is -0.139. The molecule has 2 aromatic rings. The number of amides is 1. The van der Waals surface area contributed by atoms with Crippen LogP contribution in [0.3, 0.4) is 0 Å². The smallest absolute Gasteiger partial charge is 0.303 e. The molecule has 2 atom stereocenters. The van der Waals surface area contributed by atoms with Gasteiger partial charge in [0.05, 0.1) is 11.0 Å². The standard InChI is InChI=1S/C17H21N3O3/c1-11(21)20-7-6-12(9-17(22)23)13(10-20)8-16-18-14-4-2-3-5-15(14)19-16/h2-5,12-13H,6-10H2,1H3,(H,18,19)(H,22,23)/t12-,13-/m0/s1. The maximum Gasteiger partial charge on any atom is 0.303 e. The van der Waals surface area contributed by atoms with Crippen LogP contribution in [0.1, 0.15) is 25.6 Å². The molecule has 0 unspecified atom stereocenters. The predicted molar refractivity (Wildman–Crippen MR) is 85.9 cm³/mol. The summed E-state index contributed by atoms with van der Waals surface area (Å²) in [6.45, 7) is 2.81. The Kier molecular flexibility index (Phi) is 4.32. The molecule has 1 aliphatic rings. The van der Waals surface area contributed by atoms with E-state index in [1.807, 2.05) is 29.2 Å². The second kappa shape index (κ2) is 6.40. The third kappa shape index (κ3) is 3.52. The molecule has 0 spiro atoms. The minimum Gasteiger partial charge on any atom is -0.481 e. The van der Waals surface area contributed by atoms with Crippen LogP contribution in [0.4, 0.5) is 0 Å². The summed E-state index contributed by atoms with van der Waals surface area (Å²) in [6, 6.07) is 7.82. The zero-order valence-corrected chi connectivity index (χ0v) is 13.2. The zero-order chi connectivity index (χ0) is 16.4. The lowest BCUT2D eigenvalue weighted by atomic mass is 9.81. The highest BCUT2D eigenvalue weighted by Gasteiger charge is 2.32. The number of fused-ring (bicyclic) bond motifs is 1. The van der Waals surface area contributed by atoms with Crippen molar-refractivity contribution in [2.45, 2.75) is 26.2 Å². The van der Waals surface area contributed by atoms with Crippen molar-refractivity contribution >= 4 is 22.9 Å². The van der Waals surface area contributed by atoms with Gasteiger partial charge in [-0.1, -0.05) is 12.1 Å². The number of carboxylic acids is 1. The van der Waals surface area contributed by atoms with Gasteiger partial charge >= 0.3 is 5.97 Å². The number of imidazole rings is 1. The van der Waals surface area contributed by atoms with Gasteiger partial charge < -0.3 is 15.0 Å². The zero-order valence-electron chi connectivity index (χ0n) is 13.2. The summed E-state index contributed by atoms with van der Waals surface area (Å²) < 4.78 is 0. The van der Waals surface area contributed by atoms with Gasteiger partial charge in [-0.15, -0.1) is 0 Å². The molecule has 2 N–H and O–H groups in total. The van der Waals surface area contributed by atoms with Crippen molar-refractivity contribution in [1.82, 2.24) is 14.9 Å². The van der Waals surface area contributed by atoms with E-state index in [4.69, 9.17) is 5.11 Å². The van der Waals surface area contributed by atoms with Gasteiger partial charge in [0.2, 0.25) is 5.91 Å². The molecule has 2 heterocycles. The van der Waals surface area contributed by atoms with E-state index in [9.17, 15) is 9.59 Å². The number of hydrogen-bond acceptors (Lipinski definition) is 3. The van der Waals surface area contributed by atoms with Crippen LogP contribution in [0.15, 0.2) is 24.3 Å². The average Bonchev–Trinajstić information content (AvgIpc) is 2.90. The molecule has 0 aliphatic carbocycles. The fraction of sp³-hybridized carbons (Fsp3) is 0.471. The van der Waals surface area contributed by atoms with E-state index < -0.39 is 5.97 Å². The summed E-state index contributed by atoms with van der Waals surface area (Å²) >= 11 is 0. The normalized spacial score (nSPS) is 21.5. The van der Waals surface area contributed by atoms with Gasteiger partial charge in [0.1, 0.15) is 5.82 Å². The van der Waals surface area contributed by atoms with Gasteiger partial charge in [-0.25, -0.2) is 4.98 Å². The van der Waals surface area contributed by atoms with Crippen LogP contribution >= 0.6 is 0 Å². The van der Waals surface area contributed by atoms with Gasteiger partial charge in [-0.3, -0.25) is 9.59 Å². The Balaban J connectivity index is 1.79. The van der Waals surface area contributed by atoms with Crippen molar-refractivity contribution in [3.63, 3.8) is 0 Å². The van der Waals surface area contributed by atoms with E-state index in [0.717, 1.165) is 23.3 Å². The van der Waals surface area contributed by atoms with Crippen LogP contribution in [0, 0.1) is 11.8 Å². The number of aliphatic carboxylic acids is 1. The Morgan fingerprint density at radius 2 is 2.13 bits per heavy atom. The molecule has 1 aromatic carbocycles. The Hall–Kier alpha value is -2.37. The monoisotopic (exact) mass is 315 g/mol. The van der Waals surface area contributed by atoms with E-state index in [1.165, 1.54) is 0 Å². The molecule has 6 nitrogen and oxygen atoms in total. The van der Waals surface area contributed by atoms with E-state index in [0.29, 0.717) is 19.5 Å². The molecule has 122 valence electrons. The van der Waals surface area contributed by atoms with Crippen LogP contribution in [0.25, 0.3) is 11.0 Å². The maximum absolute atomic E-state index is 11.7. The quantitative estimate of drug-likeness (QED) is 0.904. The highest BCUT2D eigenvalue weighted by Crippen LogP contribution is 2.29. The fourth-order valence-corrected chi connectivity index (χ4v) is 3.44. The lowest BCUT2D eigenvalue weighted by Crippen LogP contribution is -2.44. The molecular weight excluding hydrogens is 294 g/mol. The van der Waals surface area contributed by atoms with Crippen LogP contribution in [0.2, 0.25) is 0 Å². The molecule has 0 bridgehead atoms. The Labute approximate surface area is 134 Å². The number of H-pyrrole nitrogens is 1. The number of benzene rings is 1. The molecule has 1 amide bonds. The number of para-hydroxylation sites is 2. The number of nitrogens with one attached hydrogen (secondary N) is 1. The molecule has 6 heteroatoms. The fourth-order valence-electron chi connectivity index (χ4n) is 3.44. The number of rotatable bonds is 4. The minimum absolute atomic E-state index is 0.0494. The Bertz CT molecular complexity index is 692. The summed E-state index contributed by atoms with van der Waals surface area (Å²) in [5.74, 6) is 0.326. The SMILES string of the molecule is CC(=O)N1CC[C@@H](CC(=O)O)[C@@H](Cc2nc3ccccc3[nH]2)C1. The number of carbonyl (C=O) groups is 2. The Morgan fingerprint density at radius 3 is 2.83 bits per heavy atom. The third-order valence-electron chi connectivity index (χ3n) is 4.67. The highest BCUT2D eigenvalue weighted by molar-refractivity contribution is 5.75. The van der Waals surface area contributed by atoms with Crippen molar-refractivity contribution in [2.24, 2.45) is 11.8 Å². The number of piperidine rings is 1. The number of carbonyl (C=O) groups excluding carboxylic acids is 1. The first-order chi connectivity index (χ1) is 11.0. The molecule has 1 saturated heterocycles. The van der Waals surface area contributed by atoms with E-state index >= 15 is 0 Å². The molecule has 0 saturated carbocycles. The van der Waals surface area contributed by atoms with Gasteiger partial charge in [0, 0.05) is 32.9 Å². The van der Waals surface area contributed by atoms with Gasteiger partial charge in [0.25, 0.3) is 0 Å². The molecule has 1 aromatic heterocycles. The van der Waals surface area contributed by atoms with Gasteiger partial charge in [0.15, 0.2) is 0 Å². The first-order valence-corrected chi connectivity index (χ1v) is 7.94. The maximum atomic E-state index is 11.7. The predicted octanol–water partition coefficient (Wildman–Crippen LogP) is 2.06. The summed E-state index contributed by atoms with van der Waals surface area (Å²) in [4.78, 5) is 32.5. The molecule has 1 aliphatic heterocycles. The second-order valence-electron chi connectivity index (χ2n) is 6.28. The van der Waals surface area contributed by atoms with Crippen LogP contribution < -0.4 is 0 Å². The lowest BCUT2D eigenvalue weighted by Gasteiger charge is -2.37. The van der Waals surface area contributed by atoms with Crippen molar-refractivity contribution in [3.05, 3.63) is 30.1 Å². The first kappa shape index (κ1) is 15.5. The van der Waals surface area contributed by atoms with Gasteiger partial charge in [-0.2, -0.15) is 0 Å². The first-order valence-electron chi connectivity index (χ1n) is 7.94. The van der Waals surface area contributed by atoms with Crippen molar-refractivity contribution in [1.29, 1.82) is 0 Å². The molecular formula is C17H21N3O3. The molecule has 3 rings (SSSR count). The van der Waals surface area contributed by atoms with Crippen molar-refractivity contribution in [2.75, 3.05) is 13.1 Å². The number of carboxylic acid groups (broad SMARTS) is 1. The summed E-state index contributed by atoms with van der Waals surface area (Å²) in [5, 5.41) is 9.14. The van der Waals surface area contributed by atoms with Crippen LogP contribution in [-0.2, 0) is 16.0 Å². The largest absolute Gasteiger partial charge is 0.481 e.